The van der Waals surface area contributed by atoms with Crippen LogP contribution in [-0.4, -0.2) is 15.9 Å². The Morgan fingerprint density at radius 3 is 2.20 bits per heavy atom. The van der Waals surface area contributed by atoms with E-state index in [-0.39, 0.29) is 11.3 Å². The van der Waals surface area contributed by atoms with Crippen molar-refractivity contribution in [2.24, 2.45) is 0 Å². The van der Waals surface area contributed by atoms with E-state index in [0.29, 0.717) is 30.3 Å². The number of benzene rings is 2. The second-order valence-corrected chi connectivity index (χ2v) is 7.01. The zero-order valence-electron chi connectivity index (χ0n) is 17.1. The van der Waals surface area contributed by atoms with Crippen molar-refractivity contribution in [2.75, 3.05) is 5.32 Å². The van der Waals surface area contributed by atoms with Crippen molar-refractivity contribution >= 4 is 17.4 Å². The summed E-state index contributed by atoms with van der Waals surface area (Å²) >= 11 is 0. The minimum absolute atomic E-state index is 0.164. The number of urea groups is 1. The fraction of sp³-hybridized carbons (Fsp3) is 0.143. The number of halogens is 7. The van der Waals surface area contributed by atoms with Gasteiger partial charge in [-0.2, -0.15) is 30.7 Å². The molecule has 0 fully saturated rings. The van der Waals surface area contributed by atoms with Crippen molar-refractivity contribution in [1.82, 2.24) is 10.3 Å². The van der Waals surface area contributed by atoms with Gasteiger partial charge in [0.05, 0.1) is 27.8 Å². The maximum Gasteiger partial charge on any atom is 0.418 e. The second-order valence-electron chi connectivity index (χ2n) is 7.01. The van der Waals surface area contributed by atoms with E-state index in [1.54, 1.807) is 0 Å². The molecule has 1 atom stereocenters. The third-order valence-electron chi connectivity index (χ3n) is 4.66. The summed E-state index contributed by atoms with van der Waals surface area (Å²) in [5, 5.41) is 15.2. The van der Waals surface area contributed by atoms with Crippen LogP contribution >= 0.6 is 0 Å². The van der Waals surface area contributed by atoms with Gasteiger partial charge in [-0.05, 0) is 42.0 Å². The fourth-order valence-electron chi connectivity index (χ4n) is 3.09. The summed E-state index contributed by atoms with van der Waals surface area (Å²) in [6, 6.07) is 4.18. The molecule has 0 unspecified atom stereocenters. The van der Waals surface area contributed by atoms with E-state index in [1.807, 2.05) is 0 Å². The van der Waals surface area contributed by atoms with Gasteiger partial charge in [-0.15, -0.1) is 0 Å². The normalized spacial score (nSPS) is 12.7. The molecule has 0 aliphatic heterocycles. The van der Waals surface area contributed by atoms with E-state index in [1.165, 1.54) is 0 Å². The Labute approximate surface area is 191 Å². The van der Waals surface area contributed by atoms with Crippen molar-refractivity contribution in [3.8, 4) is 0 Å². The summed E-state index contributed by atoms with van der Waals surface area (Å²) < 4.78 is 93.0. The molecule has 1 heterocycles. The smallest absolute Gasteiger partial charge is 0.325 e. The number of hydrogen-bond donors (Lipinski definition) is 2. The van der Waals surface area contributed by atoms with Gasteiger partial charge in [0, 0.05) is 18.0 Å². The highest BCUT2D eigenvalue weighted by Gasteiger charge is 2.37. The van der Waals surface area contributed by atoms with E-state index >= 15 is 0 Å². The number of nitrogens with one attached hydrogen (secondary N) is 2. The molecule has 35 heavy (non-hydrogen) atoms. The topological polar surface area (TPSA) is 97.2 Å². The quantitative estimate of drug-likeness (QED) is 0.251. The molecule has 0 spiro atoms. The highest BCUT2D eigenvalue weighted by atomic mass is 19.4. The molecule has 0 radical (unpaired) electrons. The van der Waals surface area contributed by atoms with Crippen LogP contribution in [-0.2, 0) is 12.4 Å². The predicted octanol–water partition coefficient (Wildman–Crippen LogP) is 6.08. The minimum Gasteiger partial charge on any atom is -0.325 e. The molecule has 0 saturated heterocycles. The van der Waals surface area contributed by atoms with Gasteiger partial charge in [0.15, 0.2) is 0 Å². The monoisotopic (exact) mass is 502 g/mol. The average molecular weight is 502 g/mol. The number of nitro benzene ring substituents is 1. The molecular weight excluding hydrogens is 489 g/mol. The first-order chi connectivity index (χ1) is 16.3. The molecule has 3 aromatic rings. The highest BCUT2D eigenvalue weighted by Crippen LogP contribution is 2.36. The van der Waals surface area contributed by atoms with Crippen LogP contribution in [0.1, 0.15) is 28.4 Å². The fourth-order valence-corrected chi connectivity index (χ4v) is 3.09. The average Bonchev–Trinajstić information content (AvgIpc) is 2.77. The molecular formula is C21H13F7N4O3. The molecule has 2 N–H and O–H groups in total. The molecule has 2 amide bonds. The molecule has 2 aromatic carbocycles. The summed E-state index contributed by atoms with van der Waals surface area (Å²) in [6.45, 7) is 0. The van der Waals surface area contributed by atoms with Crippen LogP contribution in [0.4, 0.5) is 46.9 Å². The number of rotatable bonds is 5. The number of amides is 2. The number of pyridine rings is 1. The minimum atomic E-state index is -4.91. The Hall–Kier alpha value is -4.23. The lowest BCUT2D eigenvalue weighted by Gasteiger charge is -2.23. The lowest BCUT2D eigenvalue weighted by atomic mass is 9.98. The molecule has 0 saturated carbocycles. The van der Waals surface area contributed by atoms with Crippen LogP contribution in [0.2, 0.25) is 0 Å². The van der Waals surface area contributed by atoms with Crippen LogP contribution in [0.5, 0.6) is 0 Å². The van der Waals surface area contributed by atoms with E-state index in [2.05, 4.69) is 15.6 Å². The Morgan fingerprint density at radius 2 is 1.63 bits per heavy atom. The van der Waals surface area contributed by atoms with Crippen molar-refractivity contribution < 1.29 is 40.5 Å². The molecule has 0 aliphatic rings. The molecule has 14 heteroatoms. The number of anilines is 1. The van der Waals surface area contributed by atoms with Crippen LogP contribution in [0.15, 0.2) is 60.8 Å². The van der Waals surface area contributed by atoms with Crippen molar-refractivity contribution in [3.05, 3.63) is 99.1 Å². The molecule has 0 bridgehead atoms. The Bertz CT molecular complexity index is 1240. The van der Waals surface area contributed by atoms with Crippen molar-refractivity contribution in [1.29, 1.82) is 0 Å². The third kappa shape index (κ3) is 6.02. The maximum atomic E-state index is 13.6. The van der Waals surface area contributed by atoms with Crippen molar-refractivity contribution in [3.63, 3.8) is 0 Å². The molecule has 3 rings (SSSR count). The van der Waals surface area contributed by atoms with Gasteiger partial charge in [0.2, 0.25) is 5.82 Å². The van der Waals surface area contributed by atoms with Gasteiger partial charge in [-0.25, -0.2) is 4.79 Å². The van der Waals surface area contributed by atoms with Crippen molar-refractivity contribution in [2.45, 2.75) is 18.4 Å². The number of carbonyl (C=O) groups is 1. The second kappa shape index (κ2) is 9.56. The summed E-state index contributed by atoms with van der Waals surface area (Å²) in [5.41, 5.74) is -4.42. The number of carbonyl (C=O) groups excluding carboxylic acids is 1. The predicted molar refractivity (Wildman–Crippen MR) is 108 cm³/mol. The highest BCUT2D eigenvalue weighted by molar-refractivity contribution is 5.90. The van der Waals surface area contributed by atoms with E-state index in [0.717, 1.165) is 30.5 Å². The van der Waals surface area contributed by atoms with Crippen LogP contribution in [0.3, 0.4) is 0 Å². The summed E-state index contributed by atoms with van der Waals surface area (Å²) in [4.78, 5) is 26.1. The van der Waals surface area contributed by atoms with Gasteiger partial charge in [-0.3, -0.25) is 15.1 Å². The Kier molecular flexibility index (Phi) is 6.94. The largest absolute Gasteiger partial charge is 0.418 e. The Balaban J connectivity index is 1.99. The number of alkyl halides is 6. The molecule has 1 aromatic heterocycles. The van der Waals surface area contributed by atoms with E-state index < -0.39 is 57.7 Å². The van der Waals surface area contributed by atoms with Gasteiger partial charge < -0.3 is 10.6 Å². The molecule has 0 aliphatic carbocycles. The number of aromatic nitrogens is 1. The maximum absolute atomic E-state index is 13.6. The van der Waals surface area contributed by atoms with Crippen LogP contribution < -0.4 is 10.6 Å². The number of nitrogens with zero attached hydrogens (tertiary/aromatic N) is 2. The van der Waals surface area contributed by atoms with Gasteiger partial charge >= 0.3 is 24.1 Å². The Morgan fingerprint density at radius 1 is 0.971 bits per heavy atom. The summed E-state index contributed by atoms with van der Waals surface area (Å²) in [6.07, 6.45) is -8.62. The van der Waals surface area contributed by atoms with Crippen LogP contribution in [0, 0.1) is 15.9 Å². The van der Waals surface area contributed by atoms with Gasteiger partial charge in [0.1, 0.15) is 0 Å². The zero-order chi connectivity index (χ0) is 26.0. The van der Waals surface area contributed by atoms with Gasteiger partial charge in [-0.1, -0.05) is 12.1 Å². The standard InChI is InChI=1S/C21H13F7N4O3/c22-15-8-7-13(10-16(15)32(34)35)30-19(33)31-17(11-3-5-12(6-4-11)20(23,24)25)18-14(21(26,27)28)2-1-9-29-18/h1-10,17H,(H2,30,31,33)/t17-/m0/s1. The molecule has 184 valence electrons. The first-order valence-electron chi connectivity index (χ1n) is 9.48. The van der Waals surface area contributed by atoms with Crippen LogP contribution in [0.25, 0.3) is 0 Å². The molecule has 7 nitrogen and oxygen atoms in total. The first kappa shape index (κ1) is 25.4. The summed E-state index contributed by atoms with van der Waals surface area (Å²) in [5.74, 6) is -1.19. The van der Waals surface area contributed by atoms with E-state index in [9.17, 15) is 45.6 Å². The first-order valence-corrected chi connectivity index (χ1v) is 9.48. The SMILES string of the molecule is O=C(Nc1ccc(F)c([N+](=O)[O-])c1)N[C@@H](c1ccc(C(F)(F)F)cc1)c1ncccc1C(F)(F)F. The third-order valence-corrected chi connectivity index (χ3v) is 4.66. The number of hydrogen-bond acceptors (Lipinski definition) is 4. The lowest BCUT2D eigenvalue weighted by Crippen LogP contribution is -2.35. The summed E-state index contributed by atoms with van der Waals surface area (Å²) in [7, 11) is 0. The lowest BCUT2D eigenvalue weighted by molar-refractivity contribution is -0.387. The van der Waals surface area contributed by atoms with E-state index in [4.69, 9.17) is 0 Å². The number of nitro groups is 1. The zero-order valence-corrected chi connectivity index (χ0v) is 17.1. The van der Waals surface area contributed by atoms with Gasteiger partial charge in [0.25, 0.3) is 0 Å².